The molecule has 5 heteroatoms. The second kappa shape index (κ2) is 7.36. The molecule has 0 radical (unpaired) electrons. The Bertz CT molecular complexity index is 787. The number of nitroso groups, excluding NO2 is 1. The van der Waals surface area contributed by atoms with Gasteiger partial charge in [-0.2, -0.15) is 0 Å². The van der Waals surface area contributed by atoms with Crippen LogP contribution >= 0.6 is 0 Å². The van der Waals surface area contributed by atoms with Crippen LogP contribution in [0.1, 0.15) is 41.6 Å². The third-order valence-corrected chi connectivity index (χ3v) is 4.14. The largest absolute Gasteiger partial charge is 0.496 e. The van der Waals surface area contributed by atoms with Gasteiger partial charge in [0.15, 0.2) is 0 Å². The first-order valence-corrected chi connectivity index (χ1v) is 7.70. The van der Waals surface area contributed by atoms with Gasteiger partial charge < -0.3 is 10.5 Å². The van der Waals surface area contributed by atoms with E-state index in [0.717, 1.165) is 0 Å². The van der Waals surface area contributed by atoms with Gasteiger partial charge >= 0.3 is 0 Å². The summed E-state index contributed by atoms with van der Waals surface area (Å²) in [6, 6.07) is 7.98. The molecule has 0 spiro atoms. The number of nitrogens with zero attached hydrogens (tertiary/aromatic N) is 1. The zero-order valence-electron chi connectivity index (χ0n) is 14.1. The first kappa shape index (κ1) is 17.8. The molecule has 0 bridgehead atoms. The van der Waals surface area contributed by atoms with Gasteiger partial charge in [0.25, 0.3) is 0 Å². The van der Waals surface area contributed by atoms with Gasteiger partial charge in [0.05, 0.1) is 12.7 Å². The first-order chi connectivity index (χ1) is 11.4. The summed E-state index contributed by atoms with van der Waals surface area (Å²) in [6.45, 7) is 7.69. The molecule has 0 saturated heterocycles. The highest BCUT2D eigenvalue weighted by atomic mass is 19.1. The van der Waals surface area contributed by atoms with Crippen molar-refractivity contribution in [2.75, 3.05) is 7.11 Å². The lowest BCUT2D eigenvalue weighted by molar-refractivity contribution is 0.408. The van der Waals surface area contributed by atoms with Gasteiger partial charge in [-0.15, -0.1) is 4.91 Å². The molecule has 0 fully saturated rings. The van der Waals surface area contributed by atoms with E-state index >= 15 is 4.39 Å². The molecule has 2 aromatic carbocycles. The van der Waals surface area contributed by atoms with Gasteiger partial charge in [-0.1, -0.05) is 25.6 Å². The third kappa shape index (κ3) is 3.21. The quantitative estimate of drug-likeness (QED) is 0.758. The summed E-state index contributed by atoms with van der Waals surface area (Å²) < 4.78 is 20.4. The van der Waals surface area contributed by atoms with Gasteiger partial charge in [-0.05, 0) is 53.4 Å². The van der Waals surface area contributed by atoms with Crippen molar-refractivity contribution in [3.63, 3.8) is 0 Å². The van der Waals surface area contributed by atoms with Crippen molar-refractivity contribution in [2.45, 2.75) is 26.3 Å². The molecule has 0 saturated carbocycles. The van der Waals surface area contributed by atoms with Gasteiger partial charge in [-0.3, -0.25) is 0 Å². The minimum absolute atomic E-state index is 0.283. The van der Waals surface area contributed by atoms with E-state index in [1.165, 1.54) is 7.11 Å². The van der Waals surface area contributed by atoms with Gasteiger partial charge in [-0.25, -0.2) is 4.39 Å². The molecule has 0 heterocycles. The minimum atomic E-state index is -0.427. The second-order valence-electron chi connectivity index (χ2n) is 5.63. The fourth-order valence-electron chi connectivity index (χ4n) is 2.62. The SMILES string of the molecule is C=C(c1ccc(N=O)c(C)c1)c1c(OC)ccc(C(N)CC)c1F. The van der Waals surface area contributed by atoms with Crippen molar-refractivity contribution in [1.82, 2.24) is 0 Å². The topological polar surface area (TPSA) is 64.7 Å². The average Bonchev–Trinajstić information content (AvgIpc) is 2.59. The van der Waals surface area contributed by atoms with Crippen LogP contribution in [0.25, 0.3) is 5.57 Å². The zero-order valence-corrected chi connectivity index (χ0v) is 14.1. The van der Waals surface area contributed by atoms with Crippen molar-refractivity contribution in [3.8, 4) is 5.75 Å². The lowest BCUT2D eigenvalue weighted by Gasteiger charge is -2.18. The maximum absolute atomic E-state index is 15.1. The zero-order chi connectivity index (χ0) is 17.9. The van der Waals surface area contributed by atoms with Crippen LogP contribution in [0.3, 0.4) is 0 Å². The molecule has 0 aromatic heterocycles. The summed E-state index contributed by atoms with van der Waals surface area (Å²) in [7, 11) is 1.48. The smallest absolute Gasteiger partial charge is 0.139 e. The van der Waals surface area contributed by atoms with E-state index in [-0.39, 0.29) is 5.56 Å². The number of ether oxygens (including phenoxy) is 1. The van der Waals surface area contributed by atoms with E-state index in [1.54, 1.807) is 37.3 Å². The van der Waals surface area contributed by atoms with Crippen LogP contribution in [-0.4, -0.2) is 7.11 Å². The van der Waals surface area contributed by atoms with Gasteiger partial charge in [0.1, 0.15) is 17.3 Å². The molecule has 1 unspecified atom stereocenters. The van der Waals surface area contributed by atoms with E-state index < -0.39 is 11.9 Å². The highest BCUT2D eigenvalue weighted by molar-refractivity contribution is 5.83. The number of halogens is 1. The number of methoxy groups -OCH3 is 1. The summed E-state index contributed by atoms with van der Waals surface area (Å²) >= 11 is 0. The number of rotatable bonds is 6. The average molecular weight is 328 g/mol. The molecule has 24 heavy (non-hydrogen) atoms. The summed E-state index contributed by atoms with van der Waals surface area (Å²) in [5.74, 6) is -0.0382. The maximum Gasteiger partial charge on any atom is 0.139 e. The highest BCUT2D eigenvalue weighted by Gasteiger charge is 2.20. The number of benzene rings is 2. The molecule has 0 amide bonds. The van der Waals surface area contributed by atoms with Gasteiger partial charge in [0.2, 0.25) is 0 Å². The number of hydrogen-bond donors (Lipinski definition) is 1. The molecular weight excluding hydrogens is 307 g/mol. The molecule has 0 aliphatic rings. The molecule has 0 aliphatic carbocycles. The Morgan fingerprint density at radius 1 is 1.38 bits per heavy atom. The highest BCUT2D eigenvalue weighted by Crippen LogP contribution is 2.36. The van der Waals surface area contributed by atoms with E-state index in [0.29, 0.717) is 40.1 Å². The standard InChI is InChI=1S/C19H21FN2O2/c1-5-15(21)14-7-9-17(24-4)18(19(14)20)12(3)13-6-8-16(22-23)11(2)10-13/h6-10,15H,3,5,21H2,1-2,4H3. The third-order valence-electron chi connectivity index (χ3n) is 4.14. The van der Waals surface area contributed by atoms with Crippen molar-refractivity contribution < 1.29 is 9.13 Å². The van der Waals surface area contributed by atoms with Crippen LogP contribution < -0.4 is 10.5 Å². The molecule has 126 valence electrons. The number of hydrogen-bond acceptors (Lipinski definition) is 4. The van der Waals surface area contributed by atoms with Crippen molar-refractivity contribution in [3.05, 3.63) is 69.9 Å². The lowest BCUT2D eigenvalue weighted by atomic mass is 9.92. The fourth-order valence-corrected chi connectivity index (χ4v) is 2.62. The molecule has 0 aliphatic heterocycles. The van der Waals surface area contributed by atoms with Crippen LogP contribution in [0.5, 0.6) is 5.75 Å². The second-order valence-corrected chi connectivity index (χ2v) is 5.63. The number of aryl methyl sites for hydroxylation is 1. The minimum Gasteiger partial charge on any atom is -0.496 e. The Labute approximate surface area is 141 Å². The van der Waals surface area contributed by atoms with Crippen molar-refractivity contribution >= 4 is 11.3 Å². The Morgan fingerprint density at radius 3 is 2.62 bits per heavy atom. The van der Waals surface area contributed by atoms with Crippen LogP contribution in [-0.2, 0) is 0 Å². The van der Waals surface area contributed by atoms with Crippen molar-refractivity contribution in [1.29, 1.82) is 0 Å². The predicted molar refractivity (Wildman–Crippen MR) is 94.9 cm³/mol. The van der Waals surface area contributed by atoms with E-state index in [2.05, 4.69) is 11.8 Å². The van der Waals surface area contributed by atoms with Crippen LogP contribution in [0, 0.1) is 17.6 Å². The lowest BCUT2D eigenvalue weighted by Crippen LogP contribution is -2.12. The normalized spacial score (nSPS) is 11.9. The monoisotopic (exact) mass is 328 g/mol. The Kier molecular flexibility index (Phi) is 5.46. The molecular formula is C19H21FN2O2. The van der Waals surface area contributed by atoms with Crippen LogP contribution in [0.4, 0.5) is 10.1 Å². The summed E-state index contributed by atoms with van der Waals surface area (Å²) in [6.07, 6.45) is 0.619. The molecule has 2 N–H and O–H groups in total. The molecule has 4 nitrogen and oxygen atoms in total. The Morgan fingerprint density at radius 2 is 2.08 bits per heavy atom. The maximum atomic E-state index is 15.1. The fraction of sp³-hybridized carbons (Fsp3) is 0.263. The van der Waals surface area contributed by atoms with E-state index in [1.807, 2.05) is 6.92 Å². The van der Waals surface area contributed by atoms with Crippen LogP contribution in [0.2, 0.25) is 0 Å². The molecule has 1 atom stereocenters. The Balaban J connectivity index is 2.59. The molecule has 2 rings (SSSR count). The van der Waals surface area contributed by atoms with Gasteiger partial charge in [0, 0.05) is 11.6 Å². The Hall–Kier alpha value is -2.53. The molecule has 2 aromatic rings. The van der Waals surface area contributed by atoms with E-state index in [4.69, 9.17) is 10.5 Å². The predicted octanol–water partition coefficient (Wildman–Crippen LogP) is 5.01. The van der Waals surface area contributed by atoms with E-state index in [9.17, 15) is 4.91 Å². The van der Waals surface area contributed by atoms with Crippen LogP contribution in [0.15, 0.2) is 42.1 Å². The first-order valence-electron chi connectivity index (χ1n) is 7.70. The summed E-state index contributed by atoms with van der Waals surface area (Å²) in [4.78, 5) is 10.7. The summed E-state index contributed by atoms with van der Waals surface area (Å²) in [5.41, 5.74) is 8.92. The van der Waals surface area contributed by atoms with Crippen molar-refractivity contribution in [2.24, 2.45) is 10.9 Å². The summed E-state index contributed by atoms with van der Waals surface area (Å²) in [5, 5.41) is 2.95. The number of nitrogens with two attached hydrogens (primary N) is 1.